The van der Waals surface area contributed by atoms with E-state index in [9.17, 15) is 9.59 Å². The Morgan fingerprint density at radius 1 is 1.33 bits per heavy atom. The Morgan fingerprint density at radius 2 is 2.15 bits per heavy atom. The predicted octanol–water partition coefficient (Wildman–Crippen LogP) is 1.41. The second-order valence-corrected chi connectivity index (χ2v) is 7.37. The molecule has 3 saturated heterocycles. The molecule has 3 aliphatic rings. The Labute approximate surface area is 157 Å². The number of anilines is 1. The molecule has 2 bridgehead atoms. The molecule has 8 nitrogen and oxygen atoms in total. The van der Waals surface area contributed by atoms with Crippen LogP contribution in [0, 0.1) is 19.8 Å². The first-order valence-corrected chi connectivity index (χ1v) is 9.17. The molecule has 0 radical (unpaired) electrons. The Bertz CT molecular complexity index is 874. The van der Waals surface area contributed by atoms with Gasteiger partial charge in [0.05, 0.1) is 18.2 Å². The van der Waals surface area contributed by atoms with Crippen LogP contribution < -0.4 is 10.6 Å². The zero-order chi connectivity index (χ0) is 19.1. The van der Waals surface area contributed by atoms with Crippen molar-refractivity contribution in [3.05, 3.63) is 40.9 Å². The fourth-order valence-electron chi connectivity index (χ4n) is 4.08. The molecule has 2 atom stereocenters. The maximum Gasteiger partial charge on any atom is 0.248 e. The highest BCUT2D eigenvalue weighted by atomic mass is 16.5. The van der Waals surface area contributed by atoms with Crippen molar-refractivity contribution in [3.63, 3.8) is 0 Å². The first-order chi connectivity index (χ1) is 12.9. The Hall–Kier alpha value is -2.90. The molecule has 3 fully saturated rings. The second-order valence-electron chi connectivity index (χ2n) is 7.37. The van der Waals surface area contributed by atoms with Crippen LogP contribution in [0.25, 0.3) is 0 Å². The zero-order valence-corrected chi connectivity index (χ0v) is 15.5. The van der Waals surface area contributed by atoms with E-state index in [4.69, 9.17) is 10.3 Å². The molecule has 2 amide bonds. The van der Waals surface area contributed by atoms with Gasteiger partial charge in [-0.1, -0.05) is 5.16 Å². The Morgan fingerprint density at radius 3 is 2.85 bits per heavy atom. The predicted molar refractivity (Wildman–Crippen MR) is 98.0 cm³/mol. The molecule has 142 valence electrons. The monoisotopic (exact) mass is 369 g/mol. The Kier molecular flexibility index (Phi) is 4.33. The van der Waals surface area contributed by atoms with Crippen LogP contribution in [0.2, 0.25) is 0 Å². The van der Waals surface area contributed by atoms with Crippen molar-refractivity contribution in [1.82, 2.24) is 15.0 Å². The molecule has 2 aromatic heterocycles. The van der Waals surface area contributed by atoms with Gasteiger partial charge in [-0.15, -0.1) is 0 Å². The maximum atomic E-state index is 13.1. The van der Waals surface area contributed by atoms with Gasteiger partial charge in [-0.05, 0) is 38.8 Å². The zero-order valence-electron chi connectivity index (χ0n) is 15.5. The lowest BCUT2D eigenvalue weighted by Crippen LogP contribution is -2.47. The van der Waals surface area contributed by atoms with Gasteiger partial charge in [0.25, 0.3) is 0 Å². The number of carbonyl (C=O) groups is 2. The van der Waals surface area contributed by atoms with E-state index < -0.39 is 5.91 Å². The molecule has 2 aromatic rings. The van der Waals surface area contributed by atoms with Crippen LogP contribution in [-0.4, -0.2) is 46.0 Å². The topological polar surface area (TPSA) is 106 Å². The number of amides is 2. The van der Waals surface area contributed by atoms with Crippen molar-refractivity contribution in [2.45, 2.75) is 39.3 Å². The highest BCUT2D eigenvalue weighted by Crippen LogP contribution is 2.33. The first kappa shape index (κ1) is 17.5. The van der Waals surface area contributed by atoms with E-state index in [2.05, 4.69) is 15.0 Å². The van der Waals surface area contributed by atoms with Crippen LogP contribution in [0.3, 0.4) is 0 Å². The van der Waals surface area contributed by atoms with Crippen LogP contribution >= 0.6 is 0 Å². The summed E-state index contributed by atoms with van der Waals surface area (Å²) in [6.07, 6.45) is 3.41. The normalized spacial score (nSPS) is 22.2. The van der Waals surface area contributed by atoms with Gasteiger partial charge in [0.1, 0.15) is 11.6 Å². The largest absolute Gasteiger partial charge is 0.366 e. The minimum absolute atomic E-state index is 0.0803. The summed E-state index contributed by atoms with van der Waals surface area (Å²) in [6, 6.07) is 3.40. The number of piperidine rings is 1. The van der Waals surface area contributed by atoms with Gasteiger partial charge < -0.3 is 20.1 Å². The first-order valence-electron chi connectivity index (χ1n) is 9.17. The molecule has 0 saturated carbocycles. The molecule has 0 aliphatic carbocycles. The summed E-state index contributed by atoms with van der Waals surface area (Å²) in [5.41, 5.74) is 7.63. The van der Waals surface area contributed by atoms with Crippen molar-refractivity contribution >= 4 is 17.6 Å². The number of nitrogens with two attached hydrogens (primary N) is 1. The third-order valence-electron chi connectivity index (χ3n) is 5.66. The maximum absolute atomic E-state index is 13.1. The summed E-state index contributed by atoms with van der Waals surface area (Å²) in [5, 5.41) is 4.00. The summed E-state index contributed by atoms with van der Waals surface area (Å²) in [7, 11) is 0. The van der Waals surface area contributed by atoms with Crippen LogP contribution in [0.15, 0.2) is 22.9 Å². The van der Waals surface area contributed by atoms with Crippen molar-refractivity contribution in [2.24, 2.45) is 11.7 Å². The van der Waals surface area contributed by atoms with Crippen molar-refractivity contribution < 1.29 is 14.1 Å². The number of carbonyl (C=O) groups excluding carboxylic acids is 2. The van der Waals surface area contributed by atoms with Crippen molar-refractivity contribution in [3.8, 4) is 0 Å². The van der Waals surface area contributed by atoms with Crippen molar-refractivity contribution in [2.75, 3.05) is 18.0 Å². The number of pyridine rings is 1. The van der Waals surface area contributed by atoms with Crippen LogP contribution in [0.4, 0.5) is 5.82 Å². The van der Waals surface area contributed by atoms with Gasteiger partial charge in [-0.3, -0.25) is 9.59 Å². The van der Waals surface area contributed by atoms with Gasteiger partial charge in [0, 0.05) is 36.5 Å². The average molecular weight is 369 g/mol. The summed E-state index contributed by atoms with van der Waals surface area (Å²) in [6.45, 7) is 5.58. The molecular weight excluding hydrogens is 346 g/mol. The minimum atomic E-state index is -0.479. The summed E-state index contributed by atoms with van der Waals surface area (Å²) in [5.74, 6) is 1.05. The SMILES string of the molecule is Cc1noc(C)c1CN1C(=O)[C@@H]2CC[C@H]1CN(c1cc(C(N)=O)ccn1)C2. The molecule has 27 heavy (non-hydrogen) atoms. The Balaban J connectivity index is 1.61. The smallest absolute Gasteiger partial charge is 0.248 e. The van der Waals surface area contributed by atoms with Crippen molar-refractivity contribution in [1.29, 1.82) is 0 Å². The number of nitrogens with zero attached hydrogens (tertiary/aromatic N) is 4. The number of aryl methyl sites for hydroxylation is 2. The summed E-state index contributed by atoms with van der Waals surface area (Å²) < 4.78 is 5.26. The third kappa shape index (κ3) is 3.15. The molecule has 0 unspecified atom stereocenters. The lowest BCUT2D eigenvalue weighted by atomic mass is 9.93. The molecule has 5 heterocycles. The van der Waals surface area contributed by atoms with Gasteiger partial charge in [-0.25, -0.2) is 4.98 Å². The van der Waals surface area contributed by atoms with Crippen LogP contribution in [-0.2, 0) is 11.3 Å². The number of aromatic nitrogens is 2. The number of hydrogen-bond donors (Lipinski definition) is 1. The fourth-order valence-corrected chi connectivity index (χ4v) is 4.08. The quantitative estimate of drug-likeness (QED) is 0.874. The van der Waals surface area contributed by atoms with Crippen LogP contribution in [0.5, 0.6) is 0 Å². The molecule has 3 aliphatic heterocycles. The van der Waals surface area contributed by atoms with Gasteiger partial charge in [0.2, 0.25) is 11.8 Å². The van der Waals surface area contributed by atoms with E-state index in [-0.39, 0.29) is 17.9 Å². The molecule has 5 rings (SSSR count). The van der Waals surface area contributed by atoms with Gasteiger partial charge in [-0.2, -0.15) is 0 Å². The minimum Gasteiger partial charge on any atom is -0.366 e. The molecule has 0 aromatic carbocycles. The van der Waals surface area contributed by atoms with E-state index in [1.165, 1.54) is 0 Å². The van der Waals surface area contributed by atoms with E-state index in [0.29, 0.717) is 31.0 Å². The number of fused-ring (bicyclic) bond motifs is 4. The number of rotatable bonds is 4. The van der Waals surface area contributed by atoms with E-state index >= 15 is 0 Å². The second kappa shape index (κ2) is 6.68. The lowest BCUT2D eigenvalue weighted by Gasteiger charge is -2.35. The molecule has 8 heteroatoms. The molecule has 2 N–H and O–H groups in total. The summed E-state index contributed by atoms with van der Waals surface area (Å²) in [4.78, 5) is 33.0. The molecular formula is C19H23N5O3. The fraction of sp³-hybridized carbons (Fsp3) is 0.474. The standard InChI is InChI=1S/C19H23N5O3/c1-11-16(12(2)27-22-11)10-24-15-4-3-14(19(24)26)8-23(9-15)17-7-13(18(20)25)5-6-21-17/h5-7,14-15H,3-4,8-10H2,1-2H3,(H2,20,25)/t14-,15+/m1/s1. The lowest BCUT2D eigenvalue weighted by molar-refractivity contribution is -0.140. The highest BCUT2D eigenvalue weighted by Gasteiger charge is 2.41. The highest BCUT2D eigenvalue weighted by molar-refractivity contribution is 5.93. The number of primary amides is 1. The summed E-state index contributed by atoms with van der Waals surface area (Å²) >= 11 is 0. The third-order valence-corrected chi connectivity index (χ3v) is 5.66. The van der Waals surface area contributed by atoms with E-state index in [1.807, 2.05) is 18.7 Å². The van der Waals surface area contributed by atoms with E-state index in [0.717, 1.165) is 29.9 Å². The number of hydrogen-bond acceptors (Lipinski definition) is 6. The van der Waals surface area contributed by atoms with Crippen LogP contribution in [0.1, 0.15) is 40.2 Å². The van der Waals surface area contributed by atoms with Gasteiger partial charge in [0.15, 0.2) is 0 Å². The van der Waals surface area contributed by atoms with E-state index in [1.54, 1.807) is 18.3 Å². The van der Waals surface area contributed by atoms with Gasteiger partial charge >= 0.3 is 0 Å². The molecule has 0 spiro atoms. The average Bonchev–Trinajstić information content (AvgIpc) is 2.83.